The van der Waals surface area contributed by atoms with Gasteiger partial charge in [0.2, 0.25) is 5.91 Å². The molecule has 0 aliphatic heterocycles. The van der Waals surface area contributed by atoms with E-state index in [0.717, 1.165) is 31.7 Å². The number of hydrogen-bond acceptors (Lipinski definition) is 3. The fourth-order valence-corrected chi connectivity index (χ4v) is 1.88. The standard InChI is InChI=1S/C14H24N2O2/c1-3-9-16(10-4-2)14(17)7-8-15-12-13-6-5-11-18-13/h5-6,11,15H,3-4,7-10,12H2,1-2H3. The molecule has 1 rings (SSSR count). The zero-order chi connectivity index (χ0) is 13.2. The van der Waals surface area contributed by atoms with Crippen LogP contribution in [0, 0.1) is 0 Å². The number of hydrogen-bond donors (Lipinski definition) is 1. The summed E-state index contributed by atoms with van der Waals surface area (Å²) in [5.74, 6) is 1.15. The van der Waals surface area contributed by atoms with Crippen LogP contribution in [0.5, 0.6) is 0 Å². The highest BCUT2D eigenvalue weighted by molar-refractivity contribution is 5.76. The molecule has 0 bridgehead atoms. The molecule has 0 unspecified atom stereocenters. The van der Waals surface area contributed by atoms with Gasteiger partial charge in [0.25, 0.3) is 0 Å². The van der Waals surface area contributed by atoms with Crippen molar-refractivity contribution in [3.05, 3.63) is 24.2 Å². The first kappa shape index (κ1) is 14.8. The van der Waals surface area contributed by atoms with Crippen molar-refractivity contribution in [1.29, 1.82) is 0 Å². The molecule has 0 radical (unpaired) electrons. The number of carbonyl (C=O) groups excluding carboxylic acids is 1. The molecule has 1 aromatic rings. The van der Waals surface area contributed by atoms with Gasteiger partial charge >= 0.3 is 0 Å². The summed E-state index contributed by atoms with van der Waals surface area (Å²) in [7, 11) is 0. The van der Waals surface area contributed by atoms with E-state index < -0.39 is 0 Å². The Morgan fingerprint density at radius 2 is 2.06 bits per heavy atom. The Kier molecular flexibility index (Phi) is 7.18. The third kappa shape index (κ3) is 5.36. The van der Waals surface area contributed by atoms with Gasteiger partial charge in [-0.3, -0.25) is 4.79 Å². The number of rotatable bonds is 9. The van der Waals surface area contributed by atoms with Crippen LogP contribution in [0.2, 0.25) is 0 Å². The molecule has 4 heteroatoms. The van der Waals surface area contributed by atoms with Crippen molar-refractivity contribution in [2.45, 2.75) is 39.7 Å². The Hall–Kier alpha value is -1.29. The number of carbonyl (C=O) groups is 1. The maximum absolute atomic E-state index is 11.9. The summed E-state index contributed by atoms with van der Waals surface area (Å²) >= 11 is 0. The SMILES string of the molecule is CCCN(CCC)C(=O)CCNCc1ccco1. The maximum atomic E-state index is 11.9. The average Bonchev–Trinajstić information content (AvgIpc) is 2.87. The lowest BCUT2D eigenvalue weighted by Crippen LogP contribution is -2.34. The average molecular weight is 252 g/mol. The molecule has 1 aromatic heterocycles. The van der Waals surface area contributed by atoms with E-state index in [0.29, 0.717) is 19.5 Å². The smallest absolute Gasteiger partial charge is 0.223 e. The van der Waals surface area contributed by atoms with Crippen LogP contribution in [0.15, 0.2) is 22.8 Å². The zero-order valence-electron chi connectivity index (χ0n) is 11.4. The first-order valence-corrected chi connectivity index (χ1v) is 6.78. The summed E-state index contributed by atoms with van der Waals surface area (Å²) in [4.78, 5) is 13.9. The highest BCUT2D eigenvalue weighted by Gasteiger charge is 2.10. The molecular formula is C14H24N2O2. The first-order valence-electron chi connectivity index (χ1n) is 6.78. The topological polar surface area (TPSA) is 45.5 Å². The lowest BCUT2D eigenvalue weighted by molar-refractivity contribution is -0.131. The molecule has 0 fully saturated rings. The Bertz CT molecular complexity index is 317. The summed E-state index contributed by atoms with van der Waals surface area (Å²) < 4.78 is 5.21. The largest absolute Gasteiger partial charge is 0.468 e. The van der Waals surface area contributed by atoms with Crippen LogP contribution in [0.25, 0.3) is 0 Å². The third-order valence-electron chi connectivity index (χ3n) is 2.73. The van der Waals surface area contributed by atoms with Crippen molar-refractivity contribution < 1.29 is 9.21 Å². The van der Waals surface area contributed by atoms with Crippen LogP contribution < -0.4 is 5.32 Å². The molecule has 0 aliphatic rings. The zero-order valence-corrected chi connectivity index (χ0v) is 11.4. The molecule has 0 aromatic carbocycles. The van der Waals surface area contributed by atoms with Crippen LogP contribution in [0.4, 0.5) is 0 Å². The van der Waals surface area contributed by atoms with Gasteiger partial charge in [0.1, 0.15) is 5.76 Å². The minimum Gasteiger partial charge on any atom is -0.468 e. The van der Waals surface area contributed by atoms with E-state index in [1.54, 1.807) is 6.26 Å². The molecule has 4 nitrogen and oxygen atoms in total. The predicted molar refractivity (Wildman–Crippen MR) is 72.2 cm³/mol. The normalized spacial score (nSPS) is 10.6. The van der Waals surface area contributed by atoms with E-state index in [4.69, 9.17) is 4.42 Å². The second kappa shape index (κ2) is 8.75. The molecule has 0 saturated carbocycles. The quantitative estimate of drug-likeness (QED) is 0.686. The van der Waals surface area contributed by atoms with Crippen molar-refractivity contribution in [2.24, 2.45) is 0 Å². The molecule has 18 heavy (non-hydrogen) atoms. The van der Waals surface area contributed by atoms with Gasteiger partial charge in [0.15, 0.2) is 0 Å². The van der Waals surface area contributed by atoms with E-state index >= 15 is 0 Å². The van der Waals surface area contributed by atoms with Crippen molar-refractivity contribution in [2.75, 3.05) is 19.6 Å². The summed E-state index contributed by atoms with van der Waals surface area (Å²) in [6.45, 7) is 7.32. The second-order valence-electron chi connectivity index (χ2n) is 4.39. The van der Waals surface area contributed by atoms with E-state index in [1.165, 1.54) is 0 Å². The summed E-state index contributed by atoms with van der Waals surface area (Å²) in [5, 5.41) is 3.22. The molecule has 1 N–H and O–H groups in total. The van der Waals surface area contributed by atoms with E-state index in [1.807, 2.05) is 17.0 Å². The second-order valence-corrected chi connectivity index (χ2v) is 4.39. The summed E-state index contributed by atoms with van der Waals surface area (Å²) in [6.07, 6.45) is 4.25. The molecule has 102 valence electrons. The van der Waals surface area contributed by atoms with Crippen LogP contribution in [-0.4, -0.2) is 30.4 Å². The van der Waals surface area contributed by atoms with Crippen molar-refractivity contribution in [1.82, 2.24) is 10.2 Å². The van der Waals surface area contributed by atoms with Crippen LogP contribution >= 0.6 is 0 Å². The molecular weight excluding hydrogens is 228 g/mol. The number of furan rings is 1. The monoisotopic (exact) mass is 252 g/mol. The van der Waals surface area contributed by atoms with Crippen molar-refractivity contribution >= 4 is 5.91 Å². The number of nitrogens with zero attached hydrogens (tertiary/aromatic N) is 1. The van der Waals surface area contributed by atoms with E-state index in [9.17, 15) is 4.79 Å². The van der Waals surface area contributed by atoms with Crippen LogP contribution in [0.1, 0.15) is 38.9 Å². The van der Waals surface area contributed by atoms with E-state index in [-0.39, 0.29) is 5.91 Å². The Morgan fingerprint density at radius 1 is 1.33 bits per heavy atom. The molecule has 0 aliphatic carbocycles. The highest BCUT2D eigenvalue weighted by atomic mass is 16.3. The molecule has 0 saturated heterocycles. The van der Waals surface area contributed by atoms with Crippen LogP contribution in [0.3, 0.4) is 0 Å². The summed E-state index contributed by atoms with van der Waals surface area (Å²) in [5.41, 5.74) is 0. The van der Waals surface area contributed by atoms with Gasteiger partial charge in [0, 0.05) is 26.1 Å². The molecule has 0 atom stereocenters. The first-order chi connectivity index (χ1) is 8.77. The van der Waals surface area contributed by atoms with Crippen molar-refractivity contribution in [3.63, 3.8) is 0 Å². The fraction of sp³-hybridized carbons (Fsp3) is 0.643. The molecule has 1 heterocycles. The maximum Gasteiger partial charge on any atom is 0.223 e. The van der Waals surface area contributed by atoms with Gasteiger partial charge in [-0.05, 0) is 25.0 Å². The molecule has 1 amide bonds. The predicted octanol–water partition coefficient (Wildman–Crippen LogP) is 2.41. The Balaban J connectivity index is 2.18. The Morgan fingerprint density at radius 3 is 2.61 bits per heavy atom. The Labute approximate surface area is 109 Å². The lowest BCUT2D eigenvalue weighted by Gasteiger charge is -2.21. The number of amides is 1. The fourth-order valence-electron chi connectivity index (χ4n) is 1.88. The van der Waals surface area contributed by atoms with Crippen LogP contribution in [-0.2, 0) is 11.3 Å². The number of nitrogens with one attached hydrogen (secondary N) is 1. The molecule has 0 spiro atoms. The lowest BCUT2D eigenvalue weighted by atomic mass is 10.3. The summed E-state index contributed by atoms with van der Waals surface area (Å²) in [6, 6.07) is 3.79. The highest BCUT2D eigenvalue weighted by Crippen LogP contribution is 2.00. The minimum absolute atomic E-state index is 0.241. The van der Waals surface area contributed by atoms with Gasteiger partial charge in [-0.2, -0.15) is 0 Å². The van der Waals surface area contributed by atoms with Gasteiger partial charge in [-0.1, -0.05) is 13.8 Å². The van der Waals surface area contributed by atoms with Gasteiger partial charge in [-0.15, -0.1) is 0 Å². The third-order valence-corrected chi connectivity index (χ3v) is 2.73. The van der Waals surface area contributed by atoms with Gasteiger partial charge < -0.3 is 14.6 Å². The van der Waals surface area contributed by atoms with Crippen molar-refractivity contribution in [3.8, 4) is 0 Å². The minimum atomic E-state index is 0.241. The van der Waals surface area contributed by atoms with Gasteiger partial charge in [-0.25, -0.2) is 0 Å². The van der Waals surface area contributed by atoms with Gasteiger partial charge in [0.05, 0.1) is 12.8 Å². The van der Waals surface area contributed by atoms with E-state index in [2.05, 4.69) is 19.2 Å².